The minimum atomic E-state index is 0.412. The van der Waals surface area contributed by atoms with Crippen LogP contribution in [-0.4, -0.2) is 30.6 Å². The van der Waals surface area contributed by atoms with Crippen molar-refractivity contribution in [3.8, 4) is 0 Å². The zero-order valence-corrected chi connectivity index (χ0v) is 13.2. The molecule has 2 nitrogen and oxygen atoms in total. The van der Waals surface area contributed by atoms with Crippen molar-refractivity contribution in [1.82, 2.24) is 4.90 Å². The third-order valence-corrected chi connectivity index (χ3v) is 4.91. The van der Waals surface area contributed by atoms with Crippen LogP contribution in [-0.2, 0) is 0 Å². The third kappa shape index (κ3) is 4.55. The predicted octanol–water partition coefficient (Wildman–Crippen LogP) is 3.36. The lowest BCUT2D eigenvalue weighted by Crippen LogP contribution is -2.47. The first-order chi connectivity index (χ1) is 8.47. The van der Waals surface area contributed by atoms with E-state index in [9.17, 15) is 0 Å². The van der Waals surface area contributed by atoms with E-state index in [2.05, 4.69) is 39.5 Å². The first kappa shape index (κ1) is 16.0. The Balaban J connectivity index is 2.52. The second kappa shape index (κ2) is 7.49. The van der Waals surface area contributed by atoms with Gasteiger partial charge in [-0.3, -0.25) is 0 Å². The maximum atomic E-state index is 6.40. The maximum Gasteiger partial charge on any atom is 0.00844 e. The Bertz CT molecular complexity index is 217. The lowest BCUT2D eigenvalue weighted by Gasteiger charge is -2.40. The normalized spacial score (nSPS) is 34.8. The highest BCUT2D eigenvalue weighted by molar-refractivity contribution is 4.87. The fourth-order valence-corrected chi connectivity index (χ4v) is 3.48. The van der Waals surface area contributed by atoms with E-state index >= 15 is 0 Å². The van der Waals surface area contributed by atoms with Crippen LogP contribution >= 0.6 is 0 Å². The molecule has 1 aliphatic carbocycles. The number of nitrogens with two attached hydrogens (primary N) is 1. The Hall–Kier alpha value is -0.0800. The number of rotatable bonds is 6. The molecule has 0 amide bonds. The molecule has 18 heavy (non-hydrogen) atoms. The van der Waals surface area contributed by atoms with Crippen LogP contribution in [0.2, 0.25) is 0 Å². The molecule has 0 aromatic heterocycles. The van der Waals surface area contributed by atoms with Crippen molar-refractivity contribution in [2.45, 2.75) is 59.9 Å². The summed E-state index contributed by atoms with van der Waals surface area (Å²) in [5.41, 5.74) is 6.40. The molecule has 0 aromatic carbocycles. The van der Waals surface area contributed by atoms with E-state index in [-0.39, 0.29) is 0 Å². The van der Waals surface area contributed by atoms with Gasteiger partial charge >= 0.3 is 0 Å². The smallest absolute Gasteiger partial charge is 0.00844 e. The lowest BCUT2D eigenvalue weighted by molar-refractivity contribution is 0.112. The Labute approximate surface area is 114 Å². The Morgan fingerprint density at radius 2 is 1.89 bits per heavy atom. The van der Waals surface area contributed by atoms with Crippen LogP contribution in [0.15, 0.2) is 0 Å². The Morgan fingerprint density at radius 3 is 2.39 bits per heavy atom. The summed E-state index contributed by atoms with van der Waals surface area (Å²) in [6.45, 7) is 15.3. The summed E-state index contributed by atoms with van der Waals surface area (Å²) < 4.78 is 0. The molecular formula is C16H34N2. The molecule has 0 saturated heterocycles. The molecule has 0 heterocycles. The van der Waals surface area contributed by atoms with Gasteiger partial charge in [0.2, 0.25) is 0 Å². The fourth-order valence-electron chi connectivity index (χ4n) is 3.48. The van der Waals surface area contributed by atoms with E-state index in [1.54, 1.807) is 0 Å². The summed E-state index contributed by atoms with van der Waals surface area (Å²) in [7, 11) is 0. The van der Waals surface area contributed by atoms with Crippen LogP contribution in [0.5, 0.6) is 0 Å². The molecule has 1 rings (SSSR count). The molecule has 5 atom stereocenters. The molecule has 5 unspecified atom stereocenters. The van der Waals surface area contributed by atoms with Crippen molar-refractivity contribution >= 4 is 0 Å². The van der Waals surface area contributed by atoms with Gasteiger partial charge < -0.3 is 10.6 Å². The van der Waals surface area contributed by atoms with Crippen LogP contribution in [0, 0.1) is 23.7 Å². The van der Waals surface area contributed by atoms with Gasteiger partial charge in [-0.15, -0.1) is 0 Å². The Morgan fingerprint density at radius 1 is 1.22 bits per heavy atom. The minimum Gasteiger partial charge on any atom is -0.327 e. The van der Waals surface area contributed by atoms with Gasteiger partial charge in [-0.2, -0.15) is 0 Å². The summed E-state index contributed by atoms with van der Waals surface area (Å²) in [5, 5.41) is 0. The standard InChI is InChI=1S/C16H34N2/c1-6-12(3)10-18(7-2)11-15-14(5)8-13(4)9-16(15)17/h12-16H,6-11,17H2,1-5H3. The zero-order valence-electron chi connectivity index (χ0n) is 13.2. The van der Waals surface area contributed by atoms with E-state index in [1.807, 2.05) is 0 Å². The molecule has 1 saturated carbocycles. The van der Waals surface area contributed by atoms with E-state index in [0.29, 0.717) is 12.0 Å². The molecule has 0 radical (unpaired) electrons. The van der Waals surface area contributed by atoms with Gasteiger partial charge in [-0.05, 0) is 43.1 Å². The number of hydrogen-bond acceptors (Lipinski definition) is 2. The van der Waals surface area contributed by atoms with Crippen molar-refractivity contribution in [3.05, 3.63) is 0 Å². The molecule has 0 bridgehead atoms. The van der Waals surface area contributed by atoms with Crippen LogP contribution in [0.25, 0.3) is 0 Å². The van der Waals surface area contributed by atoms with Gasteiger partial charge in [0.05, 0.1) is 0 Å². The summed E-state index contributed by atoms with van der Waals surface area (Å²) in [6.07, 6.45) is 3.86. The van der Waals surface area contributed by atoms with Crippen molar-refractivity contribution in [2.75, 3.05) is 19.6 Å². The summed E-state index contributed by atoms with van der Waals surface area (Å²) in [4.78, 5) is 2.62. The van der Waals surface area contributed by atoms with E-state index in [1.165, 1.54) is 32.4 Å². The van der Waals surface area contributed by atoms with Gasteiger partial charge in [-0.1, -0.05) is 41.0 Å². The molecule has 0 aromatic rings. The zero-order chi connectivity index (χ0) is 13.7. The van der Waals surface area contributed by atoms with Gasteiger partial charge in [-0.25, -0.2) is 0 Å². The summed E-state index contributed by atoms with van der Waals surface area (Å²) in [6, 6.07) is 0.412. The van der Waals surface area contributed by atoms with Crippen LogP contribution in [0.1, 0.15) is 53.9 Å². The topological polar surface area (TPSA) is 29.3 Å². The van der Waals surface area contributed by atoms with Crippen LogP contribution in [0.4, 0.5) is 0 Å². The number of hydrogen-bond donors (Lipinski definition) is 1. The molecule has 1 aliphatic rings. The molecule has 0 spiro atoms. The molecule has 2 N–H and O–H groups in total. The van der Waals surface area contributed by atoms with E-state index in [4.69, 9.17) is 5.73 Å². The predicted molar refractivity (Wildman–Crippen MR) is 80.6 cm³/mol. The van der Waals surface area contributed by atoms with Crippen molar-refractivity contribution < 1.29 is 0 Å². The summed E-state index contributed by atoms with van der Waals surface area (Å²) in [5.74, 6) is 3.11. The average Bonchev–Trinajstić information content (AvgIpc) is 2.31. The maximum absolute atomic E-state index is 6.40. The van der Waals surface area contributed by atoms with E-state index < -0.39 is 0 Å². The fraction of sp³-hybridized carbons (Fsp3) is 1.00. The quantitative estimate of drug-likeness (QED) is 0.787. The molecule has 1 fully saturated rings. The molecular weight excluding hydrogens is 220 g/mol. The highest BCUT2D eigenvalue weighted by Crippen LogP contribution is 2.33. The van der Waals surface area contributed by atoms with Crippen molar-refractivity contribution in [1.29, 1.82) is 0 Å². The summed E-state index contributed by atoms with van der Waals surface area (Å²) >= 11 is 0. The second-order valence-electron chi connectivity index (χ2n) is 6.75. The van der Waals surface area contributed by atoms with Gasteiger partial charge in [0.1, 0.15) is 0 Å². The molecule has 108 valence electrons. The minimum absolute atomic E-state index is 0.412. The largest absolute Gasteiger partial charge is 0.327 e. The third-order valence-electron chi connectivity index (χ3n) is 4.91. The number of nitrogens with zero attached hydrogens (tertiary/aromatic N) is 1. The average molecular weight is 254 g/mol. The first-order valence-electron chi connectivity index (χ1n) is 7.95. The van der Waals surface area contributed by atoms with Gasteiger partial charge in [0.15, 0.2) is 0 Å². The monoisotopic (exact) mass is 254 g/mol. The van der Waals surface area contributed by atoms with Crippen molar-refractivity contribution in [2.24, 2.45) is 29.4 Å². The van der Waals surface area contributed by atoms with Crippen LogP contribution < -0.4 is 5.73 Å². The van der Waals surface area contributed by atoms with Crippen LogP contribution in [0.3, 0.4) is 0 Å². The van der Waals surface area contributed by atoms with Gasteiger partial charge in [0, 0.05) is 19.1 Å². The highest BCUT2D eigenvalue weighted by atomic mass is 15.1. The Kier molecular flexibility index (Phi) is 6.65. The van der Waals surface area contributed by atoms with Crippen molar-refractivity contribution in [3.63, 3.8) is 0 Å². The van der Waals surface area contributed by atoms with E-state index in [0.717, 1.165) is 24.3 Å². The molecule has 0 aliphatic heterocycles. The second-order valence-corrected chi connectivity index (χ2v) is 6.75. The highest BCUT2D eigenvalue weighted by Gasteiger charge is 2.32. The SMILES string of the molecule is CCC(C)CN(CC)CC1C(C)CC(C)CC1N. The molecule has 2 heteroatoms. The lowest BCUT2D eigenvalue weighted by atomic mass is 9.72. The van der Waals surface area contributed by atoms with Gasteiger partial charge in [0.25, 0.3) is 0 Å². The first-order valence-corrected chi connectivity index (χ1v) is 7.95.